The number of carbonyl (C=O) groups excluding carboxylic acids is 1. The molecule has 1 fully saturated rings. The van der Waals surface area contributed by atoms with Gasteiger partial charge >= 0.3 is 0 Å². The lowest BCUT2D eigenvalue weighted by molar-refractivity contribution is 0.0895. The van der Waals surface area contributed by atoms with Crippen molar-refractivity contribution in [3.63, 3.8) is 0 Å². The SMILES string of the molecule is CC(CN)(NC(=O)c1cnc2ccccn2c1=O)C1CC1. The van der Waals surface area contributed by atoms with Crippen LogP contribution < -0.4 is 16.6 Å². The molecular formula is C15H18N4O2. The molecule has 1 atom stereocenters. The van der Waals surface area contributed by atoms with Gasteiger partial charge in [-0.25, -0.2) is 4.98 Å². The Balaban J connectivity index is 1.95. The van der Waals surface area contributed by atoms with E-state index < -0.39 is 11.4 Å². The molecule has 3 rings (SSSR count). The van der Waals surface area contributed by atoms with Gasteiger partial charge in [-0.05, 0) is 37.8 Å². The highest BCUT2D eigenvalue weighted by atomic mass is 16.2. The zero-order chi connectivity index (χ0) is 15.0. The second-order valence-corrected chi connectivity index (χ2v) is 5.76. The lowest BCUT2D eigenvalue weighted by Gasteiger charge is -2.29. The van der Waals surface area contributed by atoms with E-state index in [-0.39, 0.29) is 11.1 Å². The summed E-state index contributed by atoms with van der Waals surface area (Å²) < 4.78 is 1.37. The molecule has 1 unspecified atom stereocenters. The second-order valence-electron chi connectivity index (χ2n) is 5.76. The minimum Gasteiger partial charge on any atom is -0.345 e. The number of nitrogens with zero attached hydrogens (tertiary/aromatic N) is 2. The van der Waals surface area contributed by atoms with Crippen molar-refractivity contribution in [2.75, 3.05) is 6.54 Å². The van der Waals surface area contributed by atoms with E-state index in [0.717, 1.165) is 12.8 Å². The number of aromatic nitrogens is 2. The number of pyridine rings is 1. The highest BCUT2D eigenvalue weighted by Crippen LogP contribution is 2.39. The molecule has 2 aromatic heterocycles. The topological polar surface area (TPSA) is 89.5 Å². The van der Waals surface area contributed by atoms with Gasteiger partial charge in [-0.3, -0.25) is 14.0 Å². The van der Waals surface area contributed by atoms with Crippen molar-refractivity contribution in [2.24, 2.45) is 11.7 Å². The molecule has 1 amide bonds. The summed E-state index contributed by atoms with van der Waals surface area (Å²) in [5.41, 5.74) is 5.52. The van der Waals surface area contributed by atoms with Crippen LogP contribution in [0.2, 0.25) is 0 Å². The van der Waals surface area contributed by atoms with Gasteiger partial charge in [0.2, 0.25) is 0 Å². The molecule has 2 heterocycles. The Kier molecular flexibility index (Phi) is 3.25. The molecule has 110 valence electrons. The molecule has 0 aliphatic heterocycles. The molecule has 0 radical (unpaired) electrons. The highest BCUT2D eigenvalue weighted by Gasteiger charge is 2.41. The lowest BCUT2D eigenvalue weighted by atomic mass is 9.95. The Morgan fingerprint density at radius 2 is 2.29 bits per heavy atom. The first kappa shape index (κ1) is 13.8. The van der Waals surface area contributed by atoms with Crippen molar-refractivity contribution in [1.82, 2.24) is 14.7 Å². The van der Waals surface area contributed by atoms with Gasteiger partial charge in [0.1, 0.15) is 11.2 Å². The van der Waals surface area contributed by atoms with Crippen LogP contribution in [-0.2, 0) is 0 Å². The molecular weight excluding hydrogens is 268 g/mol. The van der Waals surface area contributed by atoms with Crippen LogP contribution in [0.15, 0.2) is 35.4 Å². The fourth-order valence-electron chi connectivity index (χ4n) is 2.55. The lowest BCUT2D eigenvalue weighted by Crippen LogP contribution is -2.54. The minimum atomic E-state index is -0.458. The summed E-state index contributed by atoms with van der Waals surface area (Å²) in [5.74, 6) is -0.0202. The van der Waals surface area contributed by atoms with E-state index >= 15 is 0 Å². The van der Waals surface area contributed by atoms with Gasteiger partial charge in [-0.2, -0.15) is 0 Å². The van der Waals surface area contributed by atoms with E-state index in [1.165, 1.54) is 10.6 Å². The van der Waals surface area contributed by atoms with E-state index in [4.69, 9.17) is 5.73 Å². The van der Waals surface area contributed by atoms with Crippen LogP contribution in [0.4, 0.5) is 0 Å². The third kappa shape index (κ3) is 2.42. The summed E-state index contributed by atoms with van der Waals surface area (Å²) in [4.78, 5) is 28.9. The van der Waals surface area contributed by atoms with E-state index in [0.29, 0.717) is 18.1 Å². The highest BCUT2D eigenvalue weighted by molar-refractivity contribution is 5.94. The molecule has 1 aliphatic carbocycles. The molecule has 3 N–H and O–H groups in total. The quantitative estimate of drug-likeness (QED) is 0.859. The number of nitrogens with one attached hydrogen (secondary N) is 1. The molecule has 0 aromatic carbocycles. The molecule has 6 heteroatoms. The fraction of sp³-hybridized carbons (Fsp3) is 0.400. The number of amides is 1. The first-order valence-electron chi connectivity index (χ1n) is 7.04. The van der Waals surface area contributed by atoms with Gasteiger partial charge in [0.15, 0.2) is 0 Å². The number of nitrogens with two attached hydrogens (primary N) is 1. The first-order valence-corrected chi connectivity index (χ1v) is 7.04. The van der Waals surface area contributed by atoms with Gasteiger partial charge in [-0.1, -0.05) is 6.07 Å². The van der Waals surface area contributed by atoms with E-state index in [9.17, 15) is 9.59 Å². The van der Waals surface area contributed by atoms with Crippen molar-refractivity contribution < 1.29 is 4.79 Å². The molecule has 2 aromatic rings. The maximum Gasteiger partial charge on any atom is 0.270 e. The molecule has 21 heavy (non-hydrogen) atoms. The summed E-state index contributed by atoms with van der Waals surface area (Å²) >= 11 is 0. The monoisotopic (exact) mass is 286 g/mol. The average Bonchev–Trinajstić information content (AvgIpc) is 3.32. The Bertz CT molecular complexity index is 751. The van der Waals surface area contributed by atoms with Crippen LogP contribution in [0, 0.1) is 5.92 Å². The van der Waals surface area contributed by atoms with Crippen LogP contribution in [0.3, 0.4) is 0 Å². The summed E-state index contributed by atoms with van der Waals surface area (Å²) in [6.07, 6.45) is 5.05. The number of carbonyl (C=O) groups is 1. The fourth-order valence-corrected chi connectivity index (χ4v) is 2.55. The maximum absolute atomic E-state index is 12.4. The second kappa shape index (κ2) is 4.96. The largest absolute Gasteiger partial charge is 0.345 e. The predicted molar refractivity (Wildman–Crippen MR) is 79.1 cm³/mol. The zero-order valence-corrected chi connectivity index (χ0v) is 11.9. The van der Waals surface area contributed by atoms with Gasteiger partial charge in [0.05, 0.1) is 5.54 Å². The number of hydrogen-bond donors (Lipinski definition) is 2. The van der Waals surface area contributed by atoms with Crippen molar-refractivity contribution in [3.05, 3.63) is 46.5 Å². The molecule has 0 bridgehead atoms. The summed E-state index contributed by atoms with van der Waals surface area (Å²) in [7, 11) is 0. The number of fused-ring (bicyclic) bond motifs is 1. The molecule has 1 aliphatic rings. The van der Waals surface area contributed by atoms with Gasteiger partial charge in [0, 0.05) is 18.9 Å². The summed E-state index contributed by atoms with van der Waals surface area (Å²) in [5, 5.41) is 2.91. The van der Waals surface area contributed by atoms with E-state index in [1.807, 2.05) is 6.92 Å². The Hall–Kier alpha value is -2.21. The zero-order valence-electron chi connectivity index (χ0n) is 11.9. The average molecular weight is 286 g/mol. The normalized spacial score (nSPS) is 17.4. The molecule has 0 spiro atoms. The Labute approximate surface area is 122 Å². The van der Waals surface area contributed by atoms with Crippen molar-refractivity contribution in [1.29, 1.82) is 0 Å². The summed E-state index contributed by atoms with van der Waals surface area (Å²) in [6, 6.07) is 5.24. The third-order valence-electron chi connectivity index (χ3n) is 4.16. The van der Waals surface area contributed by atoms with Crippen LogP contribution in [-0.4, -0.2) is 27.4 Å². The van der Waals surface area contributed by atoms with Crippen LogP contribution in [0.1, 0.15) is 30.1 Å². The van der Waals surface area contributed by atoms with Crippen LogP contribution >= 0.6 is 0 Å². The van der Waals surface area contributed by atoms with Crippen molar-refractivity contribution in [3.8, 4) is 0 Å². The molecule has 1 saturated carbocycles. The molecule has 6 nitrogen and oxygen atoms in total. The van der Waals surface area contributed by atoms with Gasteiger partial charge in [0.25, 0.3) is 11.5 Å². The number of hydrogen-bond acceptors (Lipinski definition) is 4. The smallest absolute Gasteiger partial charge is 0.270 e. The van der Waals surface area contributed by atoms with Crippen LogP contribution in [0.5, 0.6) is 0 Å². The Morgan fingerprint density at radius 3 is 2.95 bits per heavy atom. The van der Waals surface area contributed by atoms with Crippen molar-refractivity contribution >= 4 is 11.6 Å². The predicted octanol–water partition coefficient (Wildman–Crippen LogP) is 0.552. The maximum atomic E-state index is 12.4. The van der Waals surface area contributed by atoms with E-state index in [2.05, 4.69) is 10.3 Å². The number of rotatable bonds is 4. The van der Waals surface area contributed by atoms with Crippen molar-refractivity contribution in [2.45, 2.75) is 25.3 Å². The van der Waals surface area contributed by atoms with Gasteiger partial charge in [-0.15, -0.1) is 0 Å². The van der Waals surface area contributed by atoms with Gasteiger partial charge < -0.3 is 11.1 Å². The third-order valence-corrected chi connectivity index (χ3v) is 4.16. The van der Waals surface area contributed by atoms with E-state index in [1.54, 1.807) is 24.4 Å². The molecule has 0 saturated heterocycles. The Morgan fingerprint density at radius 1 is 1.52 bits per heavy atom. The standard InChI is InChI=1S/C15H18N4O2/c1-15(9-16,10-5-6-10)18-13(20)11-8-17-12-4-2-3-7-19(12)14(11)21/h2-4,7-8,10H,5-6,9,16H2,1H3,(H,18,20). The summed E-state index contributed by atoms with van der Waals surface area (Å²) in [6.45, 7) is 2.28. The first-order chi connectivity index (χ1) is 10.0. The minimum absolute atomic E-state index is 0.0408. The van der Waals surface area contributed by atoms with Crippen LogP contribution in [0.25, 0.3) is 5.65 Å².